The predicted octanol–water partition coefficient (Wildman–Crippen LogP) is 0.674. The maximum atomic E-state index is 10.2. The molecule has 0 unspecified atom stereocenters. The molecule has 0 atom stereocenters. The molecule has 0 aromatic rings. The van der Waals surface area contributed by atoms with Gasteiger partial charge in [0, 0.05) is 6.42 Å². The van der Waals surface area contributed by atoms with Gasteiger partial charge in [0.05, 0.1) is 0 Å². The summed E-state index contributed by atoms with van der Waals surface area (Å²) in [6.45, 7) is 5.86. The summed E-state index contributed by atoms with van der Waals surface area (Å²) in [6, 6.07) is 0. The van der Waals surface area contributed by atoms with Crippen molar-refractivity contribution in [2.75, 3.05) is 0 Å². The van der Waals surface area contributed by atoms with Crippen LogP contribution in [0.15, 0.2) is 0 Å². The van der Waals surface area contributed by atoms with Gasteiger partial charge in [-0.2, -0.15) is 0 Å². The zero-order valence-corrected chi connectivity index (χ0v) is 11.0. The first-order chi connectivity index (χ1) is 5.06. The monoisotopic (exact) mass is 222 g/mol. The van der Waals surface area contributed by atoms with Gasteiger partial charge >= 0.3 is 125 Å². The van der Waals surface area contributed by atoms with Gasteiger partial charge in [-0.25, -0.2) is 0 Å². The van der Waals surface area contributed by atoms with E-state index in [1.807, 2.05) is 20.8 Å². The quantitative estimate of drug-likeness (QED) is 0.520. The number of rotatable bonds is 3. The molecule has 0 spiro atoms. The van der Waals surface area contributed by atoms with Crippen molar-refractivity contribution in [1.82, 2.24) is 0 Å². The van der Waals surface area contributed by atoms with Crippen molar-refractivity contribution >= 4 is 107 Å². The van der Waals surface area contributed by atoms with E-state index in [0.29, 0.717) is 61.2 Å². The topological polar surface area (TPSA) is 34.1 Å². The number of unbranched alkanes of at least 4 members (excludes halogenated alkanes) is 1. The van der Waals surface area contributed by atoms with Gasteiger partial charge in [0.2, 0.25) is 0 Å². The second-order valence-electron chi connectivity index (χ2n) is 2.72. The van der Waals surface area contributed by atoms with Crippen molar-refractivity contribution in [3.63, 3.8) is 0 Å². The van der Waals surface area contributed by atoms with Crippen LogP contribution >= 0.6 is 0 Å². The van der Waals surface area contributed by atoms with Crippen molar-refractivity contribution in [2.24, 2.45) is 5.92 Å². The molecule has 12 heavy (non-hydrogen) atoms. The minimum atomic E-state index is 0. The third-order valence-electron chi connectivity index (χ3n) is 1.22. The molecule has 0 radical (unpaired) electrons. The molecule has 0 aliphatic rings. The fraction of sp³-hybridized carbons (Fsp3) is 0.750. The van der Waals surface area contributed by atoms with E-state index in [1.165, 1.54) is 0 Å². The van der Waals surface area contributed by atoms with Crippen LogP contribution in [0.1, 0.15) is 33.6 Å². The Labute approximate surface area is 152 Å². The summed E-state index contributed by atoms with van der Waals surface area (Å²) in [4.78, 5) is 19.6. The second kappa shape index (κ2) is 16.1. The molecule has 0 aliphatic carbocycles. The maximum absolute atomic E-state index is 10.2. The molecule has 0 amide bonds. The molecule has 0 aromatic heterocycles. The van der Waals surface area contributed by atoms with Crippen LogP contribution in [0.3, 0.4) is 0 Å². The number of aldehydes is 1. The van der Waals surface area contributed by atoms with E-state index in [1.54, 1.807) is 0 Å². The van der Waals surface area contributed by atoms with E-state index in [9.17, 15) is 9.59 Å². The first kappa shape index (κ1) is 20.1. The molecular formula is C8H16K2O2. The van der Waals surface area contributed by atoms with Crippen LogP contribution < -0.4 is 0 Å². The average Bonchev–Trinajstić information content (AvgIpc) is 1.90. The van der Waals surface area contributed by atoms with Crippen LogP contribution in [0.25, 0.3) is 0 Å². The molecule has 2 nitrogen and oxygen atoms in total. The van der Waals surface area contributed by atoms with Crippen molar-refractivity contribution in [2.45, 2.75) is 33.6 Å². The van der Waals surface area contributed by atoms with Crippen LogP contribution in [0.5, 0.6) is 0 Å². The molecule has 0 bridgehead atoms. The zero-order valence-electron chi connectivity index (χ0n) is 7.89. The number of carbonyl (C=O) groups is 2. The van der Waals surface area contributed by atoms with E-state index in [4.69, 9.17) is 0 Å². The summed E-state index contributed by atoms with van der Waals surface area (Å²) in [6.07, 6.45) is 2.61. The Morgan fingerprint density at radius 1 is 1.50 bits per heavy atom. The fourth-order valence-electron chi connectivity index (χ4n) is 0.118. The Balaban J connectivity index is -0.000000126. The molecule has 0 N–H and O–H groups in total. The molecule has 62 valence electrons. The van der Waals surface area contributed by atoms with Gasteiger partial charge in [-0.15, -0.1) is 0 Å². The SMILES string of the molecule is CC(C)[C](=O)[K].CCCC=O.[KH]. The van der Waals surface area contributed by atoms with Crippen LogP contribution in [-0.4, -0.2) is 107 Å². The summed E-state index contributed by atoms with van der Waals surface area (Å²) in [7, 11) is 0. The van der Waals surface area contributed by atoms with Crippen molar-refractivity contribution in [3.8, 4) is 0 Å². The van der Waals surface area contributed by atoms with Gasteiger partial charge in [-0.3, -0.25) is 0 Å². The summed E-state index contributed by atoms with van der Waals surface area (Å²) < 4.78 is 0.447. The van der Waals surface area contributed by atoms with Gasteiger partial charge in [-0.05, 0) is 6.42 Å². The number of hydrogen-bond acceptors (Lipinski definition) is 2. The van der Waals surface area contributed by atoms with Gasteiger partial charge in [0.25, 0.3) is 0 Å². The Morgan fingerprint density at radius 2 is 1.83 bits per heavy atom. The van der Waals surface area contributed by atoms with E-state index in [2.05, 4.69) is 0 Å². The van der Waals surface area contributed by atoms with Crippen molar-refractivity contribution in [1.29, 1.82) is 0 Å². The van der Waals surface area contributed by atoms with Gasteiger partial charge in [0.15, 0.2) is 0 Å². The summed E-state index contributed by atoms with van der Waals surface area (Å²) in [5.41, 5.74) is 0. The zero-order chi connectivity index (χ0) is 9.28. The van der Waals surface area contributed by atoms with Crippen LogP contribution in [0, 0.1) is 5.92 Å². The Bertz CT molecular complexity index is 114. The van der Waals surface area contributed by atoms with E-state index >= 15 is 0 Å². The molecular weight excluding hydrogens is 206 g/mol. The normalized spacial score (nSPS) is 7.83. The van der Waals surface area contributed by atoms with E-state index in [0.717, 1.165) is 12.7 Å². The first-order valence-corrected chi connectivity index (χ1v) is 5.56. The van der Waals surface area contributed by atoms with Crippen LogP contribution in [0.2, 0.25) is 0 Å². The molecule has 0 saturated carbocycles. The van der Waals surface area contributed by atoms with E-state index in [-0.39, 0.29) is 51.4 Å². The molecule has 0 fully saturated rings. The molecule has 0 aliphatic heterocycles. The van der Waals surface area contributed by atoms with E-state index < -0.39 is 0 Å². The minimum absolute atomic E-state index is 0. The van der Waals surface area contributed by atoms with Gasteiger partial charge in [0.1, 0.15) is 6.29 Å². The molecule has 0 saturated heterocycles. The third kappa shape index (κ3) is 22.9. The Hall–Kier alpha value is 2.61. The predicted molar refractivity (Wildman–Crippen MR) is 53.7 cm³/mol. The summed E-state index contributed by atoms with van der Waals surface area (Å²) in [5.74, 6) is 0.296. The fourth-order valence-corrected chi connectivity index (χ4v) is 0.118. The molecule has 0 heterocycles. The Morgan fingerprint density at radius 3 is 1.83 bits per heavy atom. The average molecular weight is 222 g/mol. The van der Waals surface area contributed by atoms with Crippen molar-refractivity contribution < 1.29 is 9.59 Å². The van der Waals surface area contributed by atoms with Crippen molar-refractivity contribution in [3.05, 3.63) is 0 Å². The third-order valence-corrected chi connectivity index (χ3v) is 3.02. The first-order valence-electron chi connectivity index (χ1n) is 4.00. The molecule has 0 aromatic carbocycles. The van der Waals surface area contributed by atoms with Crippen LogP contribution in [-0.2, 0) is 9.59 Å². The summed E-state index contributed by atoms with van der Waals surface area (Å²) in [5, 5.41) is 0. The standard InChI is InChI=1S/C4H7O.C4H8O.2K.H/c1-4(2)3-5;1-2-3-4-5;;;/h4H,1-2H3;4H,2-3H2,1H3;;;. The second-order valence-corrected chi connectivity index (χ2v) is 4.26. The number of carbonyl (C=O) groups excluding carboxylic acids is 2. The number of hydrogen-bond donors (Lipinski definition) is 0. The van der Waals surface area contributed by atoms with Crippen LogP contribution in [0.4, 0.5) is 0 Å². The molecule has 0 rings (SSSR count). The van der Waals surface area contributed by atoms with Gasteiger partial charge in [-0.1, -0.05) is 6.92 Å². The summed E-state index contributed by atoms with van der Waals surface area (Å²) >= 11 is 0.404. The Kier molecular flexibility index (Phi) is 26.9. The van der Waals surface area contributed by atoms with Gasteiger partial charge < -0.3 is 4.79 Å². The molecule has 4 heteroatoms.